The highest BCUT2D eigenvalue weighted by Gasteiger charge is 2.11. The first-order valence-electron chi connectivity index (χ1n) is 5.61. The van der Waals surface area contributed by atoms with Crippen molar-refractivity contribution in [3.8, 4) is 0 Å². The quantitative estimate of drug-likeness (QED) is 0.633. The van der Waals surface area contributed by atoms with Crippen molar-refractivity contribution in [2.24, 2.45) is 0 Å². The molecule has 19 heavy (non-hydrogen) atoms. The van der Waals surface area contributed by atoms with E-state index < -0.39 is 5.97 Å². The van der Waals surface area contributed by atoms with Crippen LogP contribution in [0.15, 0.2) is 36.4 Å². The molecule has 0 atom stereocenters. The van der Waals surface area contributed by atoms with Gasteiger partial charge in [0.15, 0.2) is 0 Å². The van der Waals surface area contributed by atoms with Crippen LogP contribution in [0.4, 0.5) is 0 Å². The molecule has 2 aromatic rings. The number of hydrogen-bond donors (Lipinski definition) is 0. The van der Waals surface area contributed by atoms with Crippen molar-refractivity contribution < 1.29 is 9.53 Å². The first-order chi connectivity index (χ1) is 9.08. The van der Waals surface area contributed by atoms with Crippen molar-refractivity contribution in [2.75, 3.05) is 0 Å². The van der Waals surface area contributed by atoms with Crippen molar-refractivity contribution in [1.29, 1.82) is 0 Å². The topological polar surface area (TPSA) is 39.2 Å². The third-order valence-electron chi connectivity index (χ3n) is 2.59. The molecule has 0 spiro atoms. The molecule has 3 nitrogen and oxygen atoms in total. The molecule has 1 heterocycles. The molecule has 0 aliphatic carbocycles. The number of esters is 1. The maximum absolute atomic E-state index is 11.9. The molecule has 98 valence electrons. The van der Waals surface area contributed by atoms with E-state index in [9.17, 15) is 4.79 Å². The molecule has 0 unspecified atom stereocenters. The lowest BCUT2D eigenvalue weighted by atomic mass is 10.1. The Balaban J connectivity index is 2.09. The number of halogens is 2. The second kappa shape index (κ2) is 6.04. The van der Waals surface area contributed by atoms with Crippen LogP contribution < -0.4 is 0 Å². The average Bonchev–Trinajstić information content (AvgIpc) is 2.40. The minimum atomic E-state index is -0.407. The van der Waals surface area contributed by atoms with Crippen molar-refractivity contribution in [3.05, 3.63) is 63.4 Å². The van der Waals surface area contributed by atoms with Crippen molar-refractivity contribution in [1.82, 2.24) is 4.98 Å². The van der Waals surface area contributed by atoms with Gasteiger partial charge in [0.25, 0.3) is 0 Å². The van der Waals surface area contributed by atoms with Crippen molar-refractivity contribution in [3.63, 3.8) is 0 Å². The van der Waals surface area contributed by atoms with Crippen LogP contribution in [0.1, 0.15) is 21.6 Å². The Bertz CT molecular complexity index is 614. The minimum absolute atomic E-state index is 0.00738. The Morgan fingerprint density at radius 2 is 1.95 bits per heavy atom. The van der Waals surface area contributed by atoms with Crippen molar-refractivity contribution in [2.45, 2.75) is 13.5 Å². The zero-order chi connectivity index (χ0) is 13.8. The molecule has 0 N–H and O–H groups in total. The second-order valence-corrected chi connectivity index (χ2v) is 4.75. The van der Waals surface area contributed by atoms with Crippen LogP contribution in [-0.4, -0.2) is 11.0 Å². The van der Waals surface area contributed by atoms with Crippen LogP contribution in [0.25, 0.3) is 0 Å². The maximum atomic E-state index is 11.9. The third-order valence-corrected chi connectivity index (χ3v) is 3.14. The summed E-state index contributed by atoms with van der Waals surface area (Å²) in [7, 11) is 0. The minimum Gasteiger partial charge on any atom is -0.456 e. The van der Waals surface area contributed by atoms with E-state index in [2.05, 4.69) is 4.98 Å². The molecule has 0 saturated carbocycles. The van der Waals surface area contributed by atoms with Gasteiger partial charge in [-0.2, -0.15) is 0 Å². The molecule has 0 bridgehead atoms. The van der Waals surface area contributed by atoms with E-state index >= 15 is 0 Å². The fraction of sp³-hybridized carbons (Fsp3) is 0.143. The van der Waals surface area contributed by atoms with E-state index in [1.807, 2.05) is 19.1 Å². The summed E-state index contributed by atoms with van der Waals surface area (Å²) in [5.41, 5.74) is 1.83. The van der Waals surface area contributed by atoms with Gasteiger partial charge in [-0.1, -0.05) is 41.4 Å². The molecule has 2 rings (SSSR count). The molecule has 0 aliphatic heterocycles. The number of hydrogen-bond acceptors (Lipinski definition) is 3. The van der Waals surface area contributed by atoms with E-state index in [0.717, 1.165) is 5.56 Å². The monoisotopic (exact) mass is 295 g/mol. The highest BCUT2D eigenvalue weighted by Crippen LogP contribution is 2.18. The SMILES string of the molecule is Cc1ccccc1C(=O)OCc1nc(Cl)ccc1Cl. The number of carbonyl (C=O) groups excluding carboxylic acids is 1. The molecular weight excluding hydrogens is 285 g/mol. The number of ether oxygens (including phenoxy) is 1. The lowest BCUT2D eigenvalue weighted by Crippen LogP contribution is -2.08. The predicted molar refractivity (Wildman–Crippen MR) is 74.6 cm³/mol. The van der Waals surface area contributed by atoms with Gasteiger partial charge in [0.1, 0.15) is 11.8 Å². The molecule has 0 radical (unpaired) electrons. The highest BCUT2D eigenvalue weighted by atomic mass is 35.5. The van der Waals surface area contributed by atoms with Gasteiger partial charge in [-0.3, -0.25) is 0 Å². The number of rotatable bonds is 3. The average molecular weight is 296 g/mol. The Hall–Kier alpha value is -1.58. The lowest BCUT2D eigenvalue weighted by molar-refractivity contribution is 0.0467. The Morgan fingerprint density at radius 1 is 1.21 bits per heavy atom. The van der Waals surface area contributed by atoms with Gasteiger partial charge in [0.05, 0.1) is 16.3 Å². The van der Waals surface area contributed by atoms with E-state index in [-0.39, 0.29) is 6.61 Å². The summed E-state index contributed by atoms with van der Waals surface area (Å²) in [6, 6.07) is 10.4. The van der Waals surface area contributed by atoms with Crippen molar-refractivity contribution >= 4 is 29.2 Å². The van der Waals surface area contributed by atoms with Crippen LogP contribution in [-0.2, 0) is 11.3 Å². The van der Waals surface area contributed by atoms with E-state index in [1.54, 1.807) is 24.3 Å². The fourth-order valence-electron chi connectivity index (χ4n) is 1.57. The number of benzene rings is 1. The van der Waals surface area contributed by atoms with Gasteiger partial charge in [0, 0.05) is 0 Å². The number of aryl methyl sites for hydroxylation is 1. The zero-order valence-corrected chi connectivity index (χ0v) is 11.7. The van der Waals surface area contributed by atoms with E-state index in [4.69, 9.17) is 27.9 Å². The number of carbonyl (C=O) groups is 1. The number of aromatic nitrogens is 1. The summed E-state index contributed by atoms with van der Waals surface area (Å²) in [5, 5.41) is 0.730. The van der Waals surface area contributed by atoms with E-state index in [1.165, 1.54) is 0 Å². The van der Waals surface area contributed by atoms with Gasteiger partial charge in [-0.05, 0) is 30.7 Å². The van der Waals surface area contributed by atoms with Crippen LogP contribution in [0.5, 0.6) is 0 Å². The number of pyridine rings is 1. The van der Waals surface area contributed by atoms with E-state index in [0.29, 0.717) is 21.4 Å². The third kappa shape index (κ3) is 3.46. The molecule has 1 aromatic heterocycles. The van der Waals surface area contributed by atoms with Gasteiger partial charge in [-0.15, -0.1) is 0 Å². The summed E-state index contributed by atoms with van der Waals surface area (Å²) in [4.78, 5) is 15.9. The second-order valence-electron chi connectivity index (χ2n) is 3.95. The molecule has 0 amide bonds. The summed E-state index contributed by atoms with van der Waals surface area (Å²) >= 11 is 11.7. The van der Waals surface area contributed by atoms with Gasteiger partial charge in [-0.25, -0.2) is 9.78 Å². The van der Waals surface area contributed by atoms with Gasteiger partial charge >= 0.3 is 5.97 Å². The summed E-state index contributed by atoms with van der Waals surface area (Å²) in [5.74, 6) is -0.407. The smallest absolute Gasteiger partial charge is 0.338 e. The summed E-state index contributed by atoms with van der Waals surface area (Å²) in [6.45, 7) is 1.84. The molecule has 0 saturated heterocycles. The lowest BCUT2D eigenvalue weighted by Gasteiger charge is -2.07. The first-order valence-corrected chi connectivity index (χ1v) is 6.37. The maximum Gasteiger partial charge on any atom is 0.338 e. The first kappa shape index (κ1) is 13.8. The Morgan fingerprint density at radius 3 is 2.68 bits per heavy atom. The molecule has 5 heteroatoms. The molecular formula is C14H11Cl2NO2. The standard InChI is InChI=1S/C14H11Cl2NO2/c1-9-4-2-3-5-10(9)14(18)19-8-12-11(15)6-7-13(16)17-12/h2-7H,8H2,1H3. The Kier molecular flexibility index (Phi) is 4.40. The highest BCUT2D eigenvalue weighted by molar-refractivity contribution is 6.32. The summed E-state index contributed by atoms with van der Waals surface area (Å²) in [6.07, 6.45) is 0. The summed E-state index contributed by atoms with van der Waals surface area (Å²) < 4.78 is 5.19. The molecule has 0 fully saturated rings. The van der Waals surface area contributed by atoms with Crippen LogP contribution >= 0.6 is 23.2 Å². The van der Waals surface area contributed by atoms with Gasteiger partial charge in [0.2, 0.25) is 0 Å². The zero-order valence-electron chi connectivity index (χ0n) is 10.2. The largest absolute Gasteiger partial charge is 0.456 e. The predicted octanol–water partition coefficient (Wildman–Crippen LogP) is 4.05. The normalized spacial score (nSPS) is 10.3. The van der Waals surface area contributed by atoms with Crippen LogP contribution in [0.2, 0.25) is 10.2 Å². The van der Waals surface area contributed by atoms with Crippen LogP contribution in [0, 0.1) is 6.92 Å². The number of nitrogens with zero attached hydrogens (tertiary/aromatic N) is 1. The molecule has 1 aromatic carbocycles. The van der Waals surface area contributed by atoms with Crippen LogP contribution in [0.3, 0.4) is 0 Å². The van der Waals surface area contributed by atoms with Gasteiger partial charge < -0.3 is 4.74 Å². The molecule has 0 aliphatic rings. The Labute approximate surface area is 121 Å². The fourth-order valence-corrected chi connectivity index (χ4v) is 1.90.